The number of rotatable bonds is 6. The molecule has 1 unspecified atom stereocenters. The molecule has 0 saturated heterocycles. The van der Waals surface area contributed by atoms with Crippen LogP contribution in [-0.2, 0) is 0 Å². The second-order valence-corrected chi connectivity index (χ2v) is 6.38. The minimum absolute atomic E-state index is 0.00306. The lowest BCUT2D eigenvalue weighted by Gasteiger charge is -2.24. The van der Waals surface area contributed by atoms with Crippen LogP contribution < -0.4 is 9.47 Å². The summed E-state index contributed by atoms with van der Waals surface area (Å²) in [6.45, 7) is 3.23. The average molecular weight is 334 g/mol. The van der Waals surface area contributed by atoms with Gasteiger partial charge in [-0.2, -0.15) is 0 Å². The van der Waals surface area contributed by atoms with Crippen molar-refractivity contribution in [3.63, 3.8) is 0 Å². The van der Waals surface area contributed by atoms with Crippen LogP contribution in [0.1, 0.15) is 47.4 Å². The Kier molecular flexibility index (Phi) is 5.11. The van der Waals surface area contributed by atoms with Crippen LogP contribution in [0.2, 0.25) is 0 Å². The van der Waals surface area contributed by atoms with E-state index in [-0.39, 0.29) is 41.0 Å². The van der Waals surface area contributed by atoms with Crippen LogP contribution in [0.5, 0.6) is 11.5 Å². The number of allylic oxidation sites excluding steroid dienone is 1. The Bertz CT molecular complexity index is 696. The number of methoxy groups -OCH3 is 2. The largest absolute Gasteiger partial charge is 0.496 e. The minimum Gasteiger partial charge on any atom is -0.496 e. The van der Waals surface area contributed by atoms with E-state index in [1.54, 1.807) is 26.0 Å². The fourth-order valence-corrected chi connectivity index (χ4v) is 2.69. The fraction of sp³-hybridized carbons (Fsp3) is 0.444. The smallest absolute Gasteiger partial charge is 0.196 e. The fourth-order valence-electron chi connectivity index (χ4n) is 2.69. The molecule has 0 fully saturated rings. The number of fused-ring (bicyclic) bond motifs is 1. The molecular weight excluding hydrogens is 312 g/mol. The number of hydrogen-bond acceptors (Lipinski definition) is 6. The van der Waals surface area contributed by atoms with Crippen molar-refractivity contribution in [1.29, 1.82) is 0 Å². The van der Waals surface area contributed by atoms with Crippen molar-refractivity contribution in [2.45, 2.75) is 38.4 Å². The zero-order valence-corrected chi connectivity index (χ0v) is 14.3. The van der Waals surface area contributed by atoms with Crippen molar-refractivity contribution in [3.05, 3.63) is 34.9 Å². The summed E-state index contributed by atoms with van der Waals surface area (Å²) in [6, 6.07) is 3.11. The van der Waals surface area contributed by atoms with Crippen LogP contribution >= 0.6 is 0 Å². The molecule has 1 aliphatic carbocycles. The molecule has 24 heavy (non-hydrogen) atoms. The van der Waals surface area contributed by atoms with Crippen molar-refractivity contribution in [2.24, 2.45) is 0 Å². The maximum absolute atomic E-state index is 12.8. The summed E-state index contributed by atoms with van der Waals surface area (Å²) in [7, 11) is 2.82. The van der Waals surface area contributed by atoms with Crippen molar-refractivity contribution < 1.29 is 29.3 Å². The molecular formula is C18H22O6. The van der Waals surface area contributed by atoms with Gasteiger partial charge in [-0.1, -0.05) is 0 Å². The maximum atomic E-state index is 12.8. The van der Waals surface area contributed by atoms with Crippen LogP contribution in [0, 0.1) is 0 Å². The van der Waals surface area contributed by atoms with Crippen LogP contribution in [0.15, 0.2) is 23.8 Å². The van der Waals surface area contributed by atoms with E-state index in [0.717, 1.165) is 6.08 Å². The average Bonchev–Trinajstić information content (AvgIpc) is 2.53. The highest BCUT2D eigenvalue weighted by atomic mass is 16.5. The molecule has 0 amide bonds. The molecule has 0 heterocycles. The van der Waals surface area contributed by atoms with Gasteiger partial charge in [0.05, 0.1) is 37.1 Å². The van der Waals surface area contributed by atoms with Gasteiger partial charge in [-0.3, -0.25) is 9.59 Å². The molecule has 1 atom stereocenters. The molecule has 1 aromatic rings. The lowest BCUT2D eigenvalue weighted by molar-refractivity contribution is 0.0531. The third-order valence-corrected chi connectivity index (χ3v) is 3.98. The number of ketones is 2. The number of carbonyl (C=O) groups is 2. The number of hydrogen-bond donors (Lipinski definition) is 2. The van der Waals surface area contributed by atoms with E-state index >= 15 is 0 Å². The minimum atomic E-state index is -1.14. The van der Waals surface area contributed by atoms with E-state index in [0.29, 0.717) is 0 Å². The predicted molar refractivity (Wildman–Crippen MR) is 87.8 cm³/mol. The van der Waals surface area contributed by atoms with Crippen molar-refractivity contribution in [2.75, 3.05) is 14.2 Å². The molecule has 0 spiro atoms. The SMILES string of the molecule is COc1ccc(OC)c2c1C(=O)C=C(C(O)CCC(C)(C)O)C2=O. The van der Waals surface area contributed by atoms with E-state index in [1.807, 2.05) is 0 Å². The monoisotopic (exact) mass is 334 g/mol. The quantitative estimate of drug-likeness (QED) is 0.825. The Morgan fingerprint density at radius 1 is 1.08 bits per heavy atom. The third kappa shape index (κ3) is 3.49. The number of aliphatic hydroxyl groups excluding tert-OH is 1. The van der Waals surface area contributed by atoms with Crippen molar-refractivity contribution in [3.8, 4) is 11.5 Å². The van der Waals surface area contributed by atoms with E-state index in [1.165, 1.54) is 14.2 Å². The van der Waals surface area contributed by atoms with Crippen LogP contribution in [0.4, 0.5) is 0 Å². The molecule has 2 N–H and O–H groups in total. The Hall–Kier alpha value is -2.18. The van der Waals surface area contributed by atoms with E-state index in [4.69, 9.17) is 9.47 Å². The molecule has 0 aromatic heterocycles. The normalized spacial score (nSPS) is 15.7. The van der Waals surface area contributed by atoms with Gasteiger partial charge >= 0.3 is 0 Å². The Labute approximate surface area is 140 Å². The third-order valence-electron chi connectivity index (χ3n) is 3.98. The second kappa shape index (κ2) is 6.75. The maximum Gasteiger partial charge on any atom is 0.196 e. The van der Waals surface area contributed by atoms with Gasteiger partial charge < -0.3 is 19.7 Å². The van der Waals surface area contributed by atoms with Gasteiger partial charge in [-0.15, -0.1) is 0 Å². The van der Waals surface area contributed by atoms with E-state index in [2.05, 4.69) is 0 Å². The topological polar surface area (TPSA) is 93.1 Å². The first-order valence-corrected chi connectivity index (χ1v) is 7.65. The van der Waals surface area contributed by atoms with Crippen LogP contribution in [0.25, 0.3) is 0 Å². The summed E-state index contributed by atoms with van der Waals surface area (Å²) in [5.41, 5.74) is -0.729. The number of carbonyl (C=O) groups excluding carboxylic acids is 2. The van der Waals surface area contributed by atoms with Crippen molar-refractivity contribution in [1.82, 2.24) is 0 Å². The number of ether oxygens (including phenoxy) is 2. The molecule has 0 saturated carbocycles. The summed E-state index contributed by atoms with van der Waals surface area (Å²) in [6.07, 6.45) is 0.448. The Morgan fingerprint density at radius 3 is 2.12 bits per heavy atom. The lowest BCUT2D eigenvalue weighted by atomic mass is 9.84. The highest BCUT2D eigenvalue weighted by molar-refractivity contribution is 6.27. The van der Waals surface area contributed by atoms with Crippen LogP contribution in [-0.4, -0.2) is 47.7 Å². The molecule has 6 heteroatoms. The van der Waals surface area contributed by atoms with Gasteiger partial charge in [-0.25, -0.2) is 0 Å². The van der Waals surface area contributed by atoms with E-state index in [9.17, 15) is 19.8 Å². The van der Waals surface area contributed by atoms with E-state index < -0.39 is 23.3 Å². The molecule has 1 aliphatic rings. The van der Waals surface area contributed by atoms with Gasteiger partial charge in [0.2, 0.25) is 0 Å². The zero-order chi connectivity index (χ0) is 18.1. The molecule has 6 nitrogen and oxygen atoms in total. The zero-order valence-electron chi connectivity index (χ0n) is 14.3. The first-order chi connectivity index (χ1) is 11.2. The predicted octanol–water partition coefficient (Wildman–Crippen LogP) is 1.92. The first-order valence-electron chi connectivity index (χ1n) is 7.65. The highest BCUT2D eigenvalue weighted by Gasteiger charge is 2.34. The first kappa shape index (κ1) is 18.2. The van der Waals surface area contributed by atoms with Gasteiger partial charge in [0.15, 0.2) is 11.6 Å². The van der Waals surface area contributed by atoms with Gasteiger partial charge in [0, 0.05) is 5.57 Å². The summed E-state index contributed by atoms with van der Waals surface area (Å²) < 4.78 is 10.4. The summed E-state index contributed by atoms with van der Waals surface area (Å²) in [5.74, 6) is -0.351. The summed E-state index contributed by atoms with van der Waals surface area (Å²) in [4.78, 5) is 25.3. The van der Waals surface area contributed by atoms with Gasteiger partial charge in [0.25, 0.3) is 0 Å². The number of benzene rings is 1. The summed E-state index contributed by atoms with van der Waals surface area (Å²) in [5, 5.41) is 20.1. The molecule has 0 radical (unpaired) electrons. The lowest BCUT2D eigenvalue weighted by Crippen LogP contribution is -2.28. The second-order valence-electron chi connectivity index (χ2n) is 6.38. The van der Waals surface area contributed by atoms with Crippen LogP contribution in [0.3, 0.4) is 0 Å². The molecule has 0 bridgehead atoms. The Morgan fingerprint density at radius 2 is 1.62 bits per heavy atom. The van der Waals surface area contributed by atoms with Gasteiger partial charge in [-0.05, 0) is 44.9 Å². The summed E-state index contributed by atoms with van der Waals surface area (Å²) >= 11 is 0. The number of aliphatic hydroxyl groups is 2. The molecule has 1 aromatic carbocycles. The highest BCUT2D eigenvalue weighted by Crippen LogP contribution is 2.37. The van der Waals surface area contributed by atoms with Crippen molar-refractivity contribution >= 4 is 11.6 Å². The van der Waals surface area contributed by atoms with Gasteiger partial charge in [0.1, 0.15) is 11.5 Å². The molecule has 130 valence electrons. The number of Topliss-reactive ketones (excluding diaryl/α,β-unsaturated/α-hetero) is 1. The molecule has 2 rings (SSSR count). The Balaban J connectivity index is 2.43. The molecule has 0 aliphatic heterocycles. The standard InChI is InChI=1S/C18H22O6/c1-18(2,22)8-7-11(19)10-9-12(20)15-13(23-3)5-6-14(24-4)16(15)17(10)21/h5-6,9,11,19,22H,7-8H2,1-4H3.